The number of amides is 1. The largest absolute Gasteiger partial charge is 0.493 e. The number of rotatable bonds is 10. The zero-order valence-corrected chi connectivity index (χ0v) is 16.4. The number of nitrogens with one attached hydrogen (secondary N) is 2. The van der Waals surface area contributed by atoms with Crippen LogP contribution < -0.4 is 20.1 Å². The number of anilines is 1. The van der Waals surface area contributed by atoms with Gasteiger partial charge in [-0.2, -0.15) is 0 Å². The number of hydrogen-bond acceptors (Lipinski definition) is 6. The highest BCUT2D eigenvalue weighted by Gasteiger charge is 2.09. The fraction of sp³-hybridized carbons (Fsp3) is 0.450. The van der Waals surface area contributed by atoms with Gasteiger partial charge < -0.3 is 20.1 Å². The van der Waals surface area contributed by atoms with E-state index in [4.69, 9.17) is 9.47 Å². The van der Waals surface area contributed by atoms with Crippen molar-refractivity contribution in [1.82, 2.24) is 15.5 Å². The third-order valence-electron chi connectivity index (χ3n) is 4.07. The van der Waals surface area contributed by atoms with Crippen molar-refractivity contribution in [2.45, 2.75) is 26.7 Å². The molecule has 0 bridgehead atoms. The smallest absolute Gasteiger partial charge is 0.271 e. The third-order valence-corrected chi connectivity index (χ3v) is 4.07. The number of ether oxygens (including phenoxy) is 2. The van der Waals surface area contributed by atoms with Crippen molar-refractivity contribution in [3.8, 4) is 11.5 Å². The van der Waals surface area contributed by atoms with E-state index in [1.807, 2.05) is 18.2 Å². The summed E-state index contributed by atoms with van der Waals surface area (Å²) in [6.45, 7) is 5.67. The van der Waals surface area contributed by atoms with Crippen LogP contribution in [0.3, 0.4) is 0 Å². The number of nitrogens with zero attached hydrogens (tertiary/aromatic N) is 2. The van der Waals surface area contributed by atoms with E-state index in [9.17, 15) is 4.79 Å². The SMILES string of the molecule is COc1ccc(CCNC(=O)c2ccc(NCCC(C)C)nn2)cc1OC. The van der Waals surface area contributed by atoms with Gasteiger partial charge in [-0.1, -0.05) is 19.9 Å². The maximum Gasteiger partial charge on any atom is 0.271 e. The van der Waals surface area contributed by atoms with Gasteiger partial charge in [0.25, 0.3) is 5.91 Å². The van der Waals surface area contributed by atoms with Crippen molar-refractivity contribution in [2.24, 2.45) is 5.92 Å². The van der Waals surface area contributed by atoms with E-state index < -0.39 is 0 Å². The molecule has 146 valence electrons. The first-order valence-corrected chi connectivity index (χ1v) is 9.10. The molecule has 0 aliphatic heterocycles. The lowest BCUT2D eigenvalue weighted by atomic mass is 10.1. The Morgan fingerprint density at radius 3 is 2.44 bits per heavy atom. The van der Waals surface area contributed by atoms with E-state index in [0.717, 1.165) is 18.5 Å². The normalized spacial score (nSPS) is 10.6. The standard InChI is InChI=1S/C20H28N4O3/c1-14(2)9-11-21-19-8-6-16(23-24-19)20(25)22-12-10-15-5-7-17(26-3)18(13-15)27-4/h5-8,13-14H,9-12H2,1-4H3,(H,21,24)(H,22,25). The molecular weight excluding hydrogens is 344 g/mol. The van der Waals surface area contributed by atoms with Crippen molar-refractivity contribution >= 4 is 11.7 Å². The molecule has 1 amide bonds. The van der Waals surface area contributed by atoms with Gasteiger partial charge in [0, 0.05) is 13.1 Å². The average molecular weight is 372 g/mol. The molecule has 0 atom stereocenters. The van der Waals surface area contributed by atoms with Crippen LogP contribution in [0.4, 0.5) is 5.82 Å². The van der Waals surface area contributed by atoms with Gasteiger partial charge >= 0.3 is 0 Å². The number of carbonyl (C=O) groups is 1. The predicted molar refractivity (Wildman–Crippen MR) is 106 cm³/mol. The van der Waals surface area contributed by atoms with Crippen molar-refractivity contribution < 1.29 is 14.3 Å². The molecule has 0 fully saturated rings. The minimum absolute atomic E-state index is 0.239. The highest BCUT2D eigenvalue weighted by atomic mass is 16.5. The quantitative estimate of drug-likeness (QED) is 0.667. The lowest BCUT2D eigenvalue weighted by Crippen LogP contribution is -2.26. The zero-order valence-electron chi connectivity index (χ0n) is 16.4. The summed E-state index contributed by atoms with van der Waals surface area (Å²) in [5.74, 6) is 2.42. The zero-order chi connectivity index (χ0) is 19.6. The second-order valence-corrected chi connectivity index (χ2v) is 6.61. The minimum Gasteiger partial charge on any atom is -0.493 e. The van der Waals surface area contributed by atoms with Crippen LogP contribution >= 0.6 is 0 Å². The van der Waals surface area contributed by atoms with E-state index in [-0.39, 0.29) is 5.91 Å². The monoisotopic (exact) mass is 372 g/mol. The molecule has 0 aliphatic carbocycles. The van der Waals surface area contributed by atoms with Crippen LogP contribution in [0.2, 0.25) is 0 Å². The van der Waals surface area contributed by atoms with Crippen molar-refractivity contribution in [2.75, 3.05) is 32.6 Å². The van der Waals surface area contributed by atoms with Crippen molar-refractivity contribution in [3.05, 3.63) is 41.6 Å². The van der Waals surface area contributed by atoms with Crippen LogP contribution in [0.1, 0.15) is 36.3 Å². The van der Waals surface area contributed by atoms with E-state index in [2.05, 4.69) is 34.7 Å². The summed E-state index contributed by atoms with van der Waals surface area (Å²) in [6.07, 6.45) is 1.73. The Kier molecular flexibility index (Phi) is 7.85. The molecule has 1 aromatic heterocycles. The minimum atomic E-state index is -0.239. The van der Waals surface area contributed by atoms with Crippen LogP contribution in [0.15, 0.2) is 30.3 Å². The third kappa shape index (κ3) is 6.44. The van der Waals surface area contributed by atoms with Gasteiger partial charge in [-0.25, -0.2) is 0 Å². The first-order valence-electron chi connectivity index (χ1n) is 9.10. The molecule has 2 aromatic rings. The first-order chi connectivity index (χ1) is 13.0. The van der Waals surface area contributed by atoms with Crippen LogP contribution in [0.25, 0.3) is 0 Å². The molecule has 27 heavy (non-hydrogen) atoms. The highest BCUT2D eigenvalue weighted by Crippen LogP contribution is 2.27. The molecule has 2 N–H and O–H groups in total. The molecular formula is C20H28N4O3. The molecule has 1 aromatic carbocycles. The number of hydrogen-bond donors (Lipinski definition) is 2. The van der Waals surface area contributed by atoms with Gasteiger partial charge in [-0.15, -0.1) is 10.2 Å². The summed E-state index contributed by atoms with van der Waals surface area (Å²) in [5, 5.41) is 14.1. The maximum atomic E-state index is 12.2. The first kappa shape index (κ1) is 20.5. The predicted octanol–water partition coefficient (Wildman–Crippen LogP) is 2.92. The second-order valence-electron chi connectivity index (χ2n) is 6.61. The van der Waals surface area contributed by atoms with Gasteiger partial charge in [0.1, 0.15) is 5.82 Å². The Balaban J connectivity index is 1.81. The maximum absolute atomic E-state index is 12.2. The van der Waals surface area contributed by atoms with Gasteiger partial charge in [-0.3, -0.25) is 4.79 Å². The number of benzene rings is 1. The van der Waals surface area contributed by atoms with Gasteiger partial charge in [0.05, 0.1) is 14.2 Å². The van der Waals surface area contributed by atoms with Gasteiger partial charge in [0.15, 0.2) is 17.2 Å². The Labute approximate surface area is 160 Å². The fourth-order valence-corrected chi connectivity index (χ4v) is 2.48. The molecule has 2 rings (SSSR count). The van der Waals surface area contributed by atoms with E-state index >= 15 is 0 Å². The van der Waals surface area contributed by atoms with Crippen LogP contribution in [-0.4, -0.2) is 43.4 Å². The summed E-state index contributed by atoms with van der Waals surface area (Å²) in [6, 6.07) is 9.16. The number of aromatic nitrogens is 2. The van der Waals surface area contributed by atoms with Crippen LogP contribution in [0.5, 0.6) is 11.5 Å². The number of carbonyl (C=O) groups excluding carboxylic acids is 1. The topological polar surface area (TPSA) is 85.4 Å². The van der Waals surface area contributed by atoms with E-state index in [1.165, 1.54) is 0 Å². The summed E-state index contributed by atoms with van der Waals surface area (Å²) < 4.78 is 10.5. The molecule has 0 radical (unpaired) electrons. The molecule has 0 saturated heterocycles. The molecule has 0 unspecified atom stereocenters. The van der Waals surface area contributed by atoms with Gasteiger partial charge in [-0.05, 0) is 48.6 Å². The Hall–Kier alpha value is -2.83. The van der Waals surface area contributed by atoms with Gasteiger partial charge in [0.2, 0.25) is 0 Å². The molecule has 7 nitrogen and oxygen atoms in total. The summed E-state index contributed by atoms with van der Waals surface area (Å²) in [4.78, 5) is 12.2. The summed E-state index contributed by atoms with van der Waals surface area (Å²) >= 11 is 0. The average Bonchev–Trinajstić information content (AvgIpc) is 2.68. The Morgan fingerprint density at radius 2 is 1.81 bits per heavy atom. The number of methoxy groups -OCH3 is 2. The van der Waals surface area contributed by atoms with Crippen molar-refractivity contribution in [3.63, 3.8) is 0 Å². The molecule has 0 saturated carbocycles. The summed E-state index contributed by atoms with van der Waals surface area (Å²) in [7, 11) is 3.20. The molecule has 1 heterocycles. The van der Waals surface area contributed by atoms with E-state index in [0.29, 0.717) is 41.9 Å². The molecule has 7 heteroatoms. The Morgan fingerprint density at radius 1 is 1.04 bits per heavy atom. The fourth-order valence-electron chi connectivity index (χ4n) is 2.48. The molecule has 0 spiro atoms. The van der Waals surface area contributed by atoms with E-state index in [1.54, 1.807) is 26.4 Å². The van der Waals surface area contributed by atoms with Crippen molar-refractivity contribution in [1.29, 1.82) is 0 Å². The second kappa shape index (κ2) is 10.4. The highest BCUT2D eigenvalue weighted by molar-refractivity contribution is 5.92. The van der Waals surface area contributed by atoms with Crippen LogP contribution in [-0.2, 0) is 6.42 Å². The van der Waals surface area contributed by atoms with Crippen LogP contribution in [0, 0.1) is 5.92 Å². The summed E-state index contributed by atoms with van der Waals surface area (Å²) in [5.41, 5.74) is 1.35. The lowest BCUT2D eigenvalue weighted by Gasteiger charge is -2.10. The lowest BCUT2D eigenvalue weighted by molar-refractivity contribution is 0.0948. The molecule has 0 aliphatic rings. The Bertz CT molecular complexity index is 733.